The van der Waals surface area contributed by atoms with Gasteiger partial charge in [-0.2, -0.15) is 18.3 Å². The van der Waals surface area contributed by atoms with Crippen molar-refractivity contribution in [3.63, 3.8) is 0 Å². The van der Waals surface area contributed by atoms with Crippen molar-refractivity contribution in [3.05, 3.63) is 59.3 Å². The van der Waals surface area contributed by atoms with Crippen LogP contribution in [0.5, 0.6) is 0 Å². The SMILES string of the molecule is CC(C)c1nnc(C2CCC(C(=O)NCCNC(=O)c3cn(-c4ccccc4F)nc3C(F)(F)F)CC2)o1. The lowest BCUT2D eigenvalue weighted by molar-refractivity contribution is -0.141. The molecule has 0 atom stereocenters. The number of rotatable bonds is 8. The molecule has 9 nitrogen and oxygen atoms in total. The minimum Gasteiger partial charge on any atom is -0.425 e. The summed E-state index contributed by atoms with van der Waals surface area (Å²) in [5, 5.41) is 16.7. The molecule has 1 aromatic carbocycles. The first kappa shape index (κ1) is 27.3. The monoisotopic (exact) mass is 536 g/mol. The highest BCUT2D eigenvalue weighted by atomic mass is 19.4. The van der Waals surface area contributed by atoms with Gasteiger partial charge in [0, 0.05) is 37.0 Å². The van der Waals surface area contributed by atoms with E-state index >= 15 is 0 Å². The molecular weight excluding hydrogens is 508 g/mol. The van der Waals surface area contributed by atoms with Crippen LogP contribution in [0.25, 0.3) is 5.69 Å². The van der Waals surface area contributed by atoms with Gasteiger partial charge in [-0.15, -0.1) is 10.2 Å². The lowest BCUT2D eigenvalue weighted by atomic mass is 9.81. The fourth-order valence-electron chi connectivity index (χ4n) is 4.36. The lowest BCUT2D eigenvalue weighted by Gasteiger charge is -2.25. The zero-order valence-corrected chi connectivity index (χ0v) is 20.9. The van der Waals surface area contributed by atoms with Gasteiger partial charge >= 0.3 is 6.18 Å². The fraction of sp³-hybridized carbons (Fsp3) is 0.480. The van der Waals surface area contributed by atoms with Crippen LogP contribution < -0.4 is 10.6 Å². The van der Waals surface area contributed by atoms with Crippen molar-refractivity contribution in [2.45, 2.75) is 57.5 Å². The molecule has 13 heteroatoms. The molecule has 2 N–H and O–H groups in total. The Morgan fingerprint density at radius 1 is 1.08 bits per heavy atom. The Hall–Kier alpha value is -3.77. The summed E-state index contributed by atoms with van der Waals surface area (Å²) in [6.45, 7) is 3.88. The topological polar surface area (TPSA) is 115 Å². The van der Waals surface area contributed by atoms with Gasteiger partial charge in [0.1, 0.15) is 11.5 Å². The summed E-state index contributed by atoms with van der Waals surface area (Å²) < 4.78 is 60.9. The van der Waals surface area contributed by atoms with Crippen molar-refractivity contribution in [2.75, 3.05) is 13.1 Å². The second-order valence-corrected chi connectivity index (χ2v) is 9.51. The molecule has 1 aliphatic rings. The summed E-state index contributed by atoms with van der Waals surface area (Å²) in [4.78, 5) is 25.1. The van der Waals surface area contributed by atoms with E-state index in [4.69, 9.17) is 4.42 Å². The van der Waals surface area contributed by atoms with Crippen molar-refractivity contribution >= 4 is 11.8 Å². The second kappa shape index (κ2) is 11.3. The molecule has 2 heterocycles. The van der Waals surface area contributed by atoms with E-state index < -0.39 is 29.2 Å². The van der Waals surface area contributed by atoms with Crippen molar-refractivity contribution in [2.24, 2.45) is 5.92 Å². The predicted octanol–water partition coefficient (Wildman–Crippen LogP) is 4.36. The Balaban J connectivity index is 1.27. The van der Waals surface area contributed by atoms with Crippen molar-refractivity contribution in [1.82, 2.24) is 30.6 Å². The first-order valence-corrected chi connectivity index (χ1v) is 12.4. The molecular formula is C25H28F4N6O3. The van der Waals surface area contributed by atoms with Gasteiger partial charge in [-0.3, -0.25) is 9.59 Å². The predicted molar refractivity (Wildman–Crippen MR) is 127 cm³/mol. The highest BCUT2D eigenvalue weighted by Gasteiger charge is 2.39. The first-order valence-electron chi connectivity index (χ1n) is 12.4. The molecule has 0 bridgehead atoms. The Labute approximate surface area is 216 Å². The number of aromatic nitrogens is 4. The third kappa shape index (κ3) is 6.20. The van der Waals surface area contributed by atoms with Crippen LogP contribution in [-0.2, 0) is 11.0 Å². The number of hydrogen-bond donors (Lipinski definition) is 2. The van der Waals surface area contributed by atoms with E-state index in [2.05, 4.69) is 25.9 Å². The van der Waals surface area contributed by atoms with Crippen LogP contribution in [0.15, 0.2) is 34.9 Å². The molecule has 1 fully saturated rings. The number of nitrogens with one attached hydrogen (secondary N) is 2. The van der Waals surface area contributed by atoms with Gasteiger partial charge in [0.05, 0.1) is 5.56 Å². The smallest absolute Gasteiger partial charge is 0.425 e. The average Bonchev–Trinajstić information content (AvgIpc) is 3.55. The van der Waals surface area contributed by atoms with Crippen LogP contribution in [-0.4, -0.2) is 44.9 Å². The molecule has 2 aromatic heterocycles. The molecule has 3 aromatic rings. The normalized spacial score (nSPS) is 18.0. The molecule has 204 valence electrons. The molecule has 0 radical (unpaired) electrons. The number of benzene rings is 1. The van der Waals surface area contributed by atoms with Gasteiger partial charge in [0.2, 0.25) is 17.7 Å². The number of carbonyl (C=O) groups excluding carboxylic acids is 2. The van der Waals surface area contributed by atoms with E-state index in [1.165, 1.54) is 18.2 Å². The van der Waals surface area contributed by atoms with Crippen LogP contribution >= 0.6 is 0 Å². The summed E-state index contributed by atoms with van der Waals surface area (Å²) in [6.07, 6.45) is -1.38. The molecule has 4 rings (SSSR count). The highest BCUT2D eigenvalue weighted by Crippen LogP contribution is 2.36. The van der Waals surface area contributed by atoms with Crippen LogP contribution in [0.4, 0.5) is 17.6 Å². The van der Waals surface area contributed by atoms with Gasteiger partial charge < -0.3 is 15.1 Å². The van der Waals surface area contributed by atoms with Gasteiger partial charge in [-0.25, -0.2) is 9.07 Å². The molecule has 1 aliphatic carbocycles. The summed E-state index contributed by atoms with van der Waals surface area (Å²) in [6, 6.07) is 5.15. The number of halogens is 4. The van der Waals surface area contributed by atoms with Gasteiger partial charge in [-0.05, 0) is 37.8 Å². The van der Waals surface area contributed by atoms with E-state index in [1.807, 2.05) is 13.8 Å². The summed E-state index contributed by atoms with van der Waals surface area (Å²) >= 11 is 0. The van der Waals surface area contributed by atoms with Crippen LogP contribution in [0.2, 0.25) is 0 Å². The second-order valence-electron chi connectivity index (χ2n) is 9.51. The Kier molecular flexibility index (Phi) is 8.12. The Morgan fingerprint density at radius 2 is 1.76 bits per heavy atom. The molecule has 0 aliphatic heterocycles. The van der Waals surface area contributed by atoms with E-state index in [1.54, 1.807) is 0 Å². The third-order valence-electron chi connectivity index (χ3n) is 6.43. The summed E-state index contributed by atoms with van der Waals surface area (Å²) in [5.74, 6) is -0.802. The number of amides is 2. The molecule has 0 spiro atoms. The zero-order chi connectivity index (χ0) is 27.4. The number of alkyl halides is 3. The number of nitrogens with zero attached hydrogens (tertiary/aromatic N) is 4. The van der Waals surface area contributed by atoms with Crippen LogP contribution in [0.3, 0.4) is 0 Å². The molecule has 38 heavy (non-hydrogen) atoms. The lowest BCUT2D eigenvalue weighted by Crippen LogP contribution is -2.38. The van der Waals surface area contributed by atoms with E-state index in [0.29, 0.717) is 29.3 Å². The van der Waals surface area contributed by atoms with E-state index in [-0.39, 0.29) is 42.4 Å². The molecule has 1 saturated carbocycles. The van der Waals surface area contributed by atoms with Gasteiger partial charge in [0.25, 0.3) is 5.91 Å². The van der Waals surface area contributed by atoms with Crippen molar-refractivity contribution in [1.29, 1.82) is 0 Å². The maximum Gasteiger partial charge on any atom is 0.435 e. The minimum atomic E-state index is -4.92. The average molecular weight is 537 g/mol. The number of hydrogen-bond acceptors (Lipinski definition) is 6. The largest absolute Gasteiger partial charge is 0.435 e. The van der Waals surface area contributed by atoms with E-state index in [0.717, 1.165) is 25.1 Å². The van der Waals surface area contributed by atoms with Crippen LogP contribution in [0, 0.1) is 11.7 Å². The van der Waals surface area contributed by atoms with Gasteiger partial charge in [0.15, 0.2) is 5.69 Å². The quantitative estimate of drug-likeness (QED) is 0.327. The molecule has 0 saturated heterocycles. The summed E-state index contributed by atoms with van der Waals surface area (Å²) in [5.41, 5.74) is -2.40. The van der Waals surface area contributed by atoms with Crippen molar-refractivity contribution in [3.8, 4) is 5.69 Å². The van der Waals surface area contributed by atoms with Crippen LogP contribution in [0.1, 0.15) is 79.2 Å². The first-order chi connectivity index (χ1) is 18.0. The molecule has 2 amide bonds. The van der Waals surface area contributed by atoms with Gasteiger partial charge in [-0.1, -0.05) is 26.0 Å². The number of carbonyl (C=O) groups is 2. The van der Waals surface area contributed by atoms with Crippen molar-refractivity contribution < 1.29 is 31.6 Å². The Morgan fingerprint density at radius 3 is 2.39 bits per heavy atom. The minimum absolute atomic E-state index is 0.0364. The number of para-hydroxylation sites is 1. The summed E-state index contributed by atoms with van der Waals surface area (Å²) in [7, 11) is 0. The third-order valence-corrected chi connectivity index (χ3v) is 6.43. The molecule has 0 unspecified atom stereocenters. The van der Waals surface area contributed by atoms with E-state index in [9.17, 15) is 27.2 Å². The highest BCUT2D eigenvalue weighted by molar-refractivity contribution is 5.95. The Bertz CT molecular complexity index is 1280. The maximum absolute atomic E-state index is 14.0. The fourth-order valence-corrected chi connectivity index (χ4v) is 4.36. The zero-order valence-electron chi connectivity index (χ0n) is 20.9. The standard InChI is InChI=1S/C25H28F4N6O3/c1-14(2)23-32-33-24(38-23)16-9-7-15(8-10-16)21(36)30-11-12-31-22(37)17-13-35(34-20(17)25(27,28)29)19-6-4-3-5-18(19)26/h3-6,13-16H,7-12H2,1-2H3,(H,30,36)(H,31,37). The maximum atomic E-state index is 14.0.